The zero-order valence-electron chi connectivity index (χ0n) is 14.3. The first-order chi connectivity index (χ1) is 11.7. The number of benzene rings is 2. The van der Waals surface area contributed by atoms with Crippen LogP contribution >= 0.6 is 0 Å². The first-order valence-corrected chi connectivity index (χ1v) is 7.85. The van der Waals surface area contributed by atoms with E-state index in [1.165, 1.54) is 12.1 Å². The van der Waals surface area contributed by atoms with Gasteiger partial charge in [-0.05, 0) is 55.7 Å². The summed E-state index contributed by atoms with van der Waals surface area (Å²) in [4.78, 5) is 12.1. The second kappa shape index (κ2) is 7.59. The number of carbonyl (C=O) groups is 1. The van der Waals surface area contributed by atoms with Crippen molar-refractivity contribution < 1.29 is 22.7 Å². The summed E-state index contributed by atoms with van der Waals surface area (Å²) in [6.07, 6.45) is -5.16. The van der Waals surface area contributed by atoms with Crippen LogP contribution in [0.2, 0.25) is 0 Å². The molecule has 0 saturated heterocycles. The quantitative estimate of drug-likeness (QED) is 0.867. The lowest BCUT2D eigenvalue weighted by Gasteiger charge is -2.17. The highest BCUT2D eigenvalue weighted by atomic mass is 19.4. The second-order valence-electron chi connectivity index (χ2n) is 5.87. The van der Waals surface area contributed by atoms with Gasteiger partial charge < -0.3 is 10.1 Å². The Bertz CT molecular complexity index is 757. The molecule has 6 heteroatoms. The van der Waals surface area contributed by atoms with Crippen molar-refractivity contribution in [1.29, 1.82) is 0 Å². The molecule has 0 saturated carbocycles. The molecule has 0 fully saturated rings. The molecule has 0 radical (unpaired) electrons. The highest BCUT2D eigenvalue weighted by Crippen LogP contribution is 2.29. The van der Waals surface area contributed by atoms with E-state index in [9.17, 15) is 18.0 Å². The monoisotopic (exact) mass is 351 g/mol. The molecule has 0 aromatic heterocycles. The third-order valence-corrected chi connectivity index (χ3v) is 3.95. The molecule has 2 rings (SSSR count). The molecule has 0 spiro atoms. The van der Waals surface area contributed by atoms with E-state index in [1.54, 1.807) is 13.0 Å². The standard InChI is InChI=1S/C19H20F3NO2/c1-12-6-4-9-17(13(12)2)25-14(3)18(24)23-11-15-7-5-8-16(10-15)19(20,21)22/h4-10,14H,11H2,1-3H3,(H,23,24)/t14-/m1/s1. The molecule has 1 amide bonds. The Morgan fingerprint density at radius 2 is 1.84 bits per heavy atom. The average molecular weight is 351 g/mol. The van der Waals surface area contributed by atoms with E-state index in [2.05, 4.69) is 5.32 Å². The lowest BCUT2D eigenvalue weighted by molar-refractivity contribution is -0.137. The normalized spacial score (nSPS) is 12.6. The van der Waals surface area contributed by atoms with Gasteiger partial charge in [-0.3, -0.25) is 4.79 Å². The fraction of sp³-hybridized carbons (Fsp3) is 0.316. The van der Waals surface area contributed by atoms with Crippen LogP contribution in [0.1, 0.15) is 29.2 Å². The van der Waals surface area contributed by atoms with E-state index in [0.717, 1.165) is 23.3 Å². The number of carbonyl (C=O) groups excluding carboxylic acids is 1. The number of nitrogens with one attached hydrogen (secondary N) is 1. The van der Waals surface area contributed by atoms with Gasteiger partial charge in [-0.25, -0.2) is 0 Å². The van der Waals surface area contributed by atoms with E-state index in [-0.39, 0.29) is 6.54 Å². The van der Waals surface area contributed by atoms with Crippen molar-refractivity contribution in [2.75, 3.05) is 0 Å². The Hall–Kier alpha value is -2.50. The molecule has 0 aliphatic carbocycles. The fourth-order valence-electron chi connectivity index (χ4n) is 2.29. The summed E-state index contributed by atoms with van der Waals surface area (Å²) in [7, 11) is 0. The third-order valence-electron chi connectivity index (χ3n) is 3.95. The van der Waals surface area contributed by atoms with Crippen molar-refractivity contribution in [3.8, 4) is 5.75 Å². The largest absolute Gasteiger partial charge is 0.481 e. The van der Waals surface area contributed by atoms with Gasteiger partial charge in [0.2, 0.25) is 0 Å². The number of amides is 1. The van der Waals surface area contributed by atoms with Gasteiger partial charge in [0.1, 0.15) is 5.75 Å². The number of rotatable bonds is 5. The van der Waals surface area contributed by atoms with Gasteiger partial charge in [0.05, 0.1) is 5.56 Å². The lowest BCUT2D eigenvalue weighted by atomic mass is 10.1. The number of ether oxygens (including phenoxy) is 1. The van der Waals surface area contributed by atoms with Gasteiger partial charge >= 0.3 is 6.18 Å². The Labute approximate surface area is 144 Å². The molecule has 0 aliphatic rings. The van der Waals surface area contributed by atoms with Crippen molar-refractivity contribution in [2.45, 2.75) is 39.6 Å². The summed E-state index contributed by atoms with van der Waals surface area (Å²) in [5, 5.41) is 2.60. The van der Waals surface area contributed by atoms with E-state index in [1.807, 2.05) is 26.0 Å². The number of hydrogen-bond donors (Lipinski definition) is 1. The van der Waals surface area contributed by atoms with Gasteiger partial charge in [-0.1, -0.05) is 24.3 Å². The highest BCUT2D eigenvalue weighted by Gasteiger charge is 2.30. The number of aryl methyl sites for hydroxylation is 1. The summed E-state index contributed by atoms with van der Waals surface area (Å²) in [5.41, 5.74) is 1.63. The molecule has 0 aliphatic heterocycles. The second-order valence-corrected chi connectivity index (χ2v) is 5.87. The molecule has 25 heavy (non-hydrogen) atoms. The number of alkyl halides is 3. The third kappa shape index (κ3) is 4.98. The first kappa shape index (κ1) is 18.8. The SMILES string of the molecule is Cc1cccc(O[C@H](C)C(=O)NCc2cccc(C(F)(F)F)c2)c1C. The average Bonchev–Trinajstić information content (AvgIpc) is 2.56. The fourth-order valence-corrected chi connectivity index (χ4v) is 2.29. The predicted molar refractivity (Wildman–Crippen MR) is 89.3 cm³/mol. The predicted octanol–water partition coefficient (Wildman–Crippen LogP) is 4.41. The minimum atomic E-state index is -4.40. The number of halogens is 3. The summed E-state index contributed by atoms with van der Waals surface area (Å²) in [6, 6.07) is 10.4. The molecule has 0 bridgehead atoms. The van der Waals surface area contributed by atoms with Crippen molar-refractivity contribution in [3.05, 3.63) is 64.7 Å². The van der Waals surface area contributed by atoms with Crippen LogP contribution in [0.25, 0.3) is 0 Å². The van der Waals surface area contributed by atoms with Crippen LogP contribution in [0, 0.1) is 13.8 Å². The van der Waals surface area contributed by atoms with E-state index >= 15 is 0 Å². The Kier molecular flexibility index (Phi) is 5.72. The van der Waals surface area contributed by atoms with Crippen LogP contribution in [0.4, 0.5) is 13.2 Å². The highest BCUT2D eigenvalue weighted by molar-refractivity contribution is 5.80. The topological polar surface area (TPSA) is 38.3 Å². The van der Waals surface area contributed by atoms with Crippen LogP contribution in [0.5, 0.6) is 5.75 Å². The Morgan fingerprint density at radius 3 is 2.52 bits per heavy atom. The van der Waals surface area contributed by atoms with Crippen molar-refractivity contribution in [3.63, 3.8) is 0 Å². The Morgan fingerprint density at radius 1 is 1.16 bits per heavy atom. The van der Waals surface area contributed by atoms with Crippen LogP contribution in [0.15, 0.2) is 42.5 Å². The molecule has 134 valence electrons. The van der Waals surface area contributed by atoms with Gasteiger partial charge in [-0.2, -0.15) is 13.2 Å². The van der Waals surface area contributed by atoms with Gasteiger partial charge in [-0.15, -0.1) is 0 Å². The maximum atomic E-state index is 12.7. The van der Waals surface area contributed by atoms with E-state index in [0.29, 0.717) is 11.3 Å². The minimum absolute atomic E-state index is 0.00323. The minimum Gasteiger partial charge on any atom is -0.481 e. The van der Waals surface area contributed by atoms with Crippen molar-refractivity contribution in [2.24, 2.45) is 0 Å². The smallest absolute Gasteiger partial charge is 0.416 e. The lowest BCUT2D eigenvalue weighted by Crippen LogP contribution is -2.36. The van der Waals surface area contributed by atoms with E-state index < -0.39 is 23.8 Å². The zero-order chi connectivity index (χ0) is 18.6. The summed E-state index contributed by atoms with van der Waals surface area (Å²) < 4.78 is 43.8. The van der Waals surface area contributed by atoms with Gasteiger partial charge in [0.25, 0.3) is 5.91 Å². The maximum Gasteiger partial charge on any atom is 0.416 e. The van der Waals surface area contributed by atoms with Gasteiger partial charge in [0, 0.05) is 6.54 Å². The maximum absolute atomic E-state index is 12.7. The molecule has 3 nitrogen and oxygen atoms in total. The molecular weight excluding hydrogens is 331 g/mol. The molecule has 2 aromatic rings. The molecule has 1 N–H and O–H groups in total. The van der Waals surface area contributed by atoms with Crippen LogP contribution < -0.4 is 10.1 Å². The first-order valence-electron chi connectivity index (χ1n) is 7.85. The molecule has 2 aromatic carbocycles. The van der Waals surface area contributed by atoms with Crippen LogP contribution in [-0.4, -0.2) is 12.0 Å². The summed E-state index contributed by atoms with van der Waals surface area (Å²) >= 11 is 0. The Balaban J connectivity index is 1.97. The molecule has 0 unspecified atom stereocenters. The van der Waals surface area contributed by atoms with E-state index in [4.69, 9.17) is 4.74 Å². The summed E-state index contributed by atoms with van der Waals surface area (Å²) in [6.45, 7) is 5.45. The van der Waals surface area contributed by atoms with Crippen LogP contribution in [0.3, 0.4) is 0 Å². The molecular formula is C19H20F3NO2. The van der Waals surface area contributed by atoms with Gasteiger partial charge in [0.15, 0.2) is 6.10 Å². The zero-order valence-corrected chi connectivity index (χ0v) is 14.3. The molecule has 0 heterocycles. The molecule has 1 atom stereocenters. The van der Waals surface area contributed by atoms with Crippen molar-refractivity contribution >= 4 is 5.91 Å². The van der Waals surface area contributed by atoms with Crippen molar-refractivity contribution in [1.82, 2.24) is 5.32 Å². The number of hydrogen-bond acceptors (Lipinski definition) is 2. The summed E-state index contributed by atoms with van der Waals surface area (Å²) in [5.74, 6) is 0.222. The van der Waals surface area contributed by atoms with Crippen LogP contribution in [-0.2, 0) is 17.5 Å².